The summed E-state index contributed by atoms with van der Waals surface area (Å²) in [4.78, 5) is 4.69. The molecule has 0 atom stereocenters. The van der Waals surface area contributed by atoms with E-state index in [1.54, 1.807) is 0 Å². The van der Waals surface area contributed by atoms with Crippen LogP contribution in [0.3, 0.4) is 0 Å². The molecule has 58 heavy (non-hydrogen) atoms. The van der Waals surface area contributed by atoms with Gasteiger partial charge in [0.15, 0.2) is 0 Å². The normalized spacial score (nSPS) is 11.6. The molecule has 0 radical (unpaired) electrons. The van der Waals surface area contributed by atoms with Gasteiger partial charge in [-0.15, -0.1) is 0 Å². The van der Waals surface area contributed by atoms with Gasteiger partial charge in [-0.25, -0.2) is 0 Å². The molecular formula is C56H46N2. The van der Waals surface area contributed by atoms with Crippen molar-refractivity contribution in [1.82, 2.24) is 0 Å². The molecule has 0 aromatic heterocycles. The molecule has 0 saturated heterocycles. The van der Waals surface area contributed by atoms with Crippen LogP contribution >= 0.6 is 0 Å². The van der Waals surface area contributed by atoms with E-state index in [2.05, 4.69) is 255 Å². The molecule has 0 saturated carbocycles. The first kappa shape index (κ1) is 36.5. The summed E-state index contributed by atoms with van der Waals surface area (Å²) >= 11 is 0. The predicted octanol–water partition coefficient (Wildman–Crippen LogP) is 16.1. The molecular weight excluding hydrogens is 701 g/mol. The summed E-state index contributed by atoms with van der Waals surface area (Å²) in [5, 5.41) is 4.98. The van der Waals surface area contributed by atoms with Crippen LogP contribution in [0.15, 0.2) is 212 Å². The van der Waals surface area contributed by atoms with Crippen LogP contribution in [0.1, 0.15) is 37.5 Å². The van der Waals surface area contributed by atoms with E-state index >= 15 is 0 Å². The minimum Gasteiger partial charge on any atom is -0.311 e. The van der Waals surface area contributed by atoms with Crippen LogP contribution in [-0.4, -0.2) is 0 Å². The van der Waals surface area contributed by atoms with Crippen LogP contribution < -0.4 is 9.80 Å². The number of hydrogen-bond donors (Lipinski definition) is 0. The highest BCUT2D eigenvalue weighted by molar-refractivity contribution is 6.14. The van der Waals surface area contributed by atoms with Crippen LogP contribution in [-0.2, 0) is 5.41 Å². The van der Waals surface area contributed by atoms with E-state index in [9.17, 15) is 0 Å². The lowest BCUT2D eigenvalue weighted by molar-refractivity contribution is 0.590. The van der Waals surface area contributed by atoms with Crippen molar-refractivity contribution < 1.29 is 0 Å². The standard InChI is InChI=1S/C56H46N2/c1-56(2,3)46-32-38-51(39-33-46)58(55-40-45-14-10-11-19-52(45)53-20-12-13-21-54(53)55)50-34-26-42(27-35-50)23-22-41-24-28-43(29-25-41)44-30-36-49(37-31-44)57(47-15-6-4-7-16-47)48-17-8-5-9-18-48/h4-40H,1-3H3. The summed E-state index contributed by atoms with van der Waals surface area (Å²) < 4.78 is 0. The number of nitrogens with zero attached hydrogens (tertiary/aromatic N) is 2. The molecule has 0 spiro atoms. The third-order valence-corrected chi connectivity index (χ3v) is 11.0. The van der Waals surface area contributed by atoms with Gasteiger partial charge >= 0.3 is 0 Å². The van der Waals surface area contributed by atoms with Crippen molar-refractivity contribution in [3.05, 3.63) is 229 Å². The lowest BCUT2D eigenvalue weighted by Gasteiger charge is -2.28. The molecule has 0 bridgehead atoms. The second-order valence-corrected chi connectivity index (χ2v) is 15.9. The largest absolute Gasteiger partial charge is 0.311 e. The lowest BCUT2D eigenvalue weighted by atomic mass is 9.87. The Morgan fingerprint density at radius 3 is 1.29 bits per heavy atom. The molecule has 0 aliphatic carbocycles. The van der Waals surface area contributed by atoms with Crippen LogP contribution in [0, 0.1) is 0 Å². The van der Waals surface area contributed by atoms with Gasteiger partial charge in [0.05, 0.1) is 5.69 Å². The van der Waals surface area contributed by atoms with Crippen LogP contribution in [0.5, 0.6) is 0 Å². The average Bonchev–Trinajstić information content (AvgIpc) is 3.27. The molecule has 0 N–H and O–H groups in total. The summed E-state index contributed by atoms with van der Waals surface area (Å²) in [6, 6.07) is 76.5. The highest BCUT2D eigenvalue weighted by Crippen LogP contribution is 2.43. The second-order valence-electron chi connectivity index (χ2n) is 15.9. The number of hydrogen-bond acceptors (Lipinski definition) is 2. The predicted molar refractivity (Wildman–Crippen MR) is 250 cm³/mol. The maximum atomic E-state index is 2.40. The number of para-hydroxylation sites is 2. The first-order valence-electron chi connectivity index (χ1n) is 20.1. The summed E-state index contributed by atoms with van der Waals surface area (Å²) in [5.74, 6) is 0. The number of rotatable bonds is 9. The number of fused-ring (bicyclic) bond motifs is 3. The summed E-state index contributed by atoms with van der Waals surface area (Å²) in [5.41, 5.74) is 12.9. The molecule has 0 fully saturated rings. The quantitative estimate of drug-likeness (QED) is 0.107. The van der Waals surface area contributed by atoms with Crippen molar-refractivity contribution in [1.29, 1.82) is 0 Å². The van der Waals surface area contributed by atoms with Gasteiger partial charge < -0.3 is 9.80 Å². The average molecular weight is 747 g/mol. The Morgan fingerprint density at radius 1 is 0.345 bits per heavy atom. The molecule has 0 heterocycles. The maximum Gasteiger partial charge on any atom is 0.0546 e. The van der Waals surface area contributed by atoms with E-state index in [0.717, 1.165) is 39.6 Å². The Balaban J connectivity index is 0.975. The fourth-order valence-electron chi connectivity index (χ4n) is 7.88. The number of anilines is 6. The van der Waals surface area contributed by atoms with E-state index in [4.69, 9.17) is 0 Å². The van der Waals surface area contributed by atoms with Gasteiger partial charge in [0.1, 0.15) is 0 Å². The third-order valence-electron chi connectivity index (χ3n) is 11.0. The Bertz CT molecular complexity index is 2780. The monoisotopic (exact) mass is 746 g/mol. The van der Waals surface area contributed by atoms with E-state index in [-0.39, 0.29) is 5.41 Å². The molecule has 0 unspecified atom stereocenters. The molecule has 280 valence electrons. The van der Waals surface area contributed by atoms with E-state index in [1.165, 1.54) is 43.9 Å². The third kappa shape index (κ3) is 7.53. The molecule has 9 aromatic rings. The van der Waals surface area contributed by atoms with Gasteiger partial charge in [0, 0.05) is 33.8 Å². The maximum absolute atomic E-state index is 2.40. The zero-order valence-corrected chi connectivity index (χ0v) is 33.3. The molecule has 2 heteroatoms. The van der Waals surface area contributed by atoms with E-state index in [0.29, 0.717) is 0 Å². The second kappa shape index (κ2) is 15.8. The minimum absolute atomic E-state index is 0.0763. The molecule has 9 rings (SSSR count). The van der Waals surface area contributed by atoms with Gasteiger partial charge in [-0.2, -0.15) is 0 Å². The minimum atomic E-state index is 0.0763. The van der Waals surface area contributed by atoms with Crippen molar-refractivity contribution in [3.8, 4) is 11.1 Å². The Hall–Kier alpha value is -7.16. The van der Waals surface area contributed by atoms with Crippen molar-refractivity contribution in [2.45, 2.75) is 26.2 Å². The van der Waals surface area contributed by atoms with Crippen LogP contribution in [0.4, 0.5) is 34.1 Å². The Kier molecular flexibility index (Phi) is 9.91. The first-order valence-corrected chi connectivity index (χ1v) is 20.1. The van der Waals surface area contributed by atoms with Crippen molar-refractivity contribution >= 4 is 67.8 Å². The fourth-order valence-corrected chi connectivity index (χ4v) is 7.88. The van der Waals surface area contributed by atoms with Gasteiger partial charge in [-0.05, 0) is 116 Å². The summed E-state index contributed by atoms with van der Waals surface area (Å²) in [6.07, 6.45) is 4.39. The summed E-state index contributed by atoms with van der Waals surface area (Å²) in [7, 11) is 0. The molecule has 0 amide bonds. The van der Waals surface area contributed by atoms with Gasteiger partial charge in [-0.3, -0.25) is 0 Å². The summed E-state index contributed by atoms with van der Waals surface area (Å²) in [6.45, 7) is 6.80. The highest BCUT2D eigenvalue weighted by atomic mass is 15.1. The zero-order chi connectivity index (χ0) is 39.5. The van der Waals surface area contributed by atoms with Crippen molar-refractivity contribution in [2.24, 2.45) is 0 Å². The molecule has 9 aromatic carbocycles. The zero-order valence-electron chi connectivity index (χ0n) is 33.3. The lowest BCUT2D eigenvalue weighted by Crippen LogP contribution is -2.13. The highest BCUT2D eigenvalue weighted by Gasteiger charge is 2.19. The Labute approximate surface area is 342 Å². The molecule has 0 aliphatic heterocycles. The smallest absolute Gasteiger partial charge is 0.0546 e. The fraction of sp³-hybridized carbons (Fsp3) is 0.0714. The van der Waals surface area contributed by atoms with Crippen LogP contribution in [0.2, 0.25) is 0 Å². The first-order chi connectivity index (χ1) is 28.4. The SMILES string of the molecule is CC(C)(C)c1ccc(N(c2ccc(C=Cc3ccc(-c4ccc(N(c5ccccc5)c5ccccc5)cc4)cc3)cc2)c2cc3ccccc3c3ccccc23)cc1. The van der Waals surface area contributed by atoms with Gasteiger partial charge in [0.2, 0.25) is 0 Å². The molecule has 0 aliphatic rings. The Morgan fingerprint density at radius 2 is 0.741 bits per heavy atom. The van der Waals surface area contributed by atoms with E-state index in [1.807, 2.05) is 0 Å². The van der Waals surface area contributed by atoms with Gasteiger partial charge in [0.25, 0.3) is 0 Å². The molecule has 2 nitrogen and oxygen atoms in total. The topological polar surface area (TPSA) is 6.48 Å². The van der Waals surface area contributed by atoms with Crippen LogP contribution in [0.25, 0.3) is 44.8 Å². The van der Waals surface area contributed by atoms with Crippen molar-refractivity contribution in [3.63, 3.8) is 0 Å². The van der Waals surface area contributed by atoms with Crippen molar-refractivity contribution in [2.75, 3.05) is 9.80 Å². The van der Waals surface area contributed by atoms with Gasteiger partial charge in [-0.1, -0.05) is 179 Å². The number of benzene rings is 9. The van der Waals surface area contributed by atoms with E-state index < -0.39 is 0 Å².